The van der Waals surface area contributed by atoms with Gasteiger partial charge in [-0.25, -0.2) is 0 Å². The van der Waals surface area contributed by atoms with Crippen LogP contribution in [0.25, 0.3) is 0 Å². The van der Waals surface area contributed by atoms with Crippen LogP contribution in [0.2, 0.25) is 0 Å². The largest absolute Gasteiger partial charge is 0.378 e. The van der Waals surface area contributed by atoms with E-state index in [9.17, 15) is 14.4 Å². The van der Waals surface area contributed by atoms with Crippen molar-refractivity contribution in [2.75, 3.05) is 26.3 Å². The lowest BCUT2D eigenvalue weighted by Gasteiger charge is -2.38. The number of morpholine rings is 1. The summed E-state index contributed by atoms with van der Waals surface area (Å²) in [6.07, 6.45) is 6.49. The third-order valence-corrected chi connectivity index (χ3v) is 6.98. The van der Waals surface area contributed by atoms with E-state index in [1.165, 1.54) is 4.90 Å². The zero-order chi connectivity index (χ0) is 20.0. The molecule has 0 aromatic heterocycles. The van der Waals surface area contributed by atoms with E-state index in [-0.39, 0.29) is 41.4 Å². The molecule has 2 aliphatic heterocycles. The van der Waals surface area contributed by atoms with Crippen LogP contribution < -0.4 is 0 Å². The fraction of sp³-hybridized carbons (Fsp3) is 0.522. The van der Waals surface area contributed by atoms with Crippen molar-refractivity contribution in [1.29, 1.82) is 0 Å². The maximum Gasteiger partial charge on any atom is 0.246 e. The summed E-state index contributed by atoms with van der Waals surface area (Å²) in [5.41, 5.74) is 0.954. The lowest BCUT2D eigenvalue weighted by atomic mass is 9.63. The van der Waals surface area contributed by atoms with Crippen molar-refractivity contribution < 1.29 is 19.1 Å². The van der Waals surface area contributed by atoms with E-state index in [0.717, 1.165) is 18.4 Å². The summed E-state index contributed by atoms with van der Waals surface area (Å²) < 4.78 is 5.38. The fourth-order valence-electron chi connectivity index (χ4n) is 5.53. The predicted molar refractivity (Wildman–Crippen MR) is 106 cm³/mol. The first-order valence-corrected chi connectivity index (χ1v) is 10.6. The first-order chi connectivity index (χ1) is 14.1. The zero-order valence-electron chi connectivity index (χ0n) is 16.4. The number of carbonyl (C=O) groups excluding carboxylic acids is 3. The number of nitrogens with zero attached hydrogens (tertiary/aromatic N) is 2. The Morgan fingerprint density at radius 1 is 0.966 bits per heavy atom. The SMILES string of the molecule is O=C([C@@H](Cc1ccccc1)N1C(=O)[C@@H]2[C@H](C1=O)[C@H]1C=C[C@H]2CC1)N1CCOCC1. The van der Waals surface area contributed by atoms with Crippen LogP contribution in [0.4, 0.5) is 0 Å². The van der Waals surface area contributed by atoms with Crippen molar-refractivity contribution in [2.24, 2.45) is 23.7 Å². The maximum absolute atomic E-state index is 13.5. The van der Waals surface area contributed by atoms with Gasteiger partial charge in [-0.2, -0.15) is 0 Å². The van der Waals surface area contributed by atoms with Crippen LogP contribution in [0.1, 0.15) is 18.4 Å². The molecule has 3 amide bonds. The molecule has 2 heterocycles. The second-order valence-electron chi connectivity index (χ2n) is 8.53. The minimum Gasteiger partial charge on any atom is -0.378 e. The highest BCUT2D eigenvalue weighted by molar-refractivity contribution is 6.09. The van der Waals surface area contributed by atoms with Gasteiger partial charge in [-0.3, -0.25) is 19.3 Å². The maximum atomic E-state index is 13.5. The number of hydrogen-bond acceptors (Lipinski definition) is 4. The summed E-state index contributed by atoms with van der Waals surface area (Å²) in [5, 5.41) is 0. The van der Waals surface area contributed by atoms with Crippen molar-refractivity contribution in [3.8, 4) is 0 Å². The molecule has 6 rings (SSSR count). The molecule has 3 aliphatic carbocycles. The van der Waals surface area contributed by atoms with Gasteiger partial charge in [-0.05, 0) is 30.2 Å². The van der Waals surface area contributed by atoms with Gasteiger partial charge in [0.1, 0.15) is 6.04 Å². The van der Waals surface area contributed by atoms with Crippen molar-refractivity contribution in [3.05, 3.63) is 48.0 Å². The molecule has 29 heavy (non-hydrogen) atoms. The Hall–Kier alpha value is -2.47. The lowest BCUT2D eigenvalue weighted by molar-refractivity contribution is -0.153. The van der Waals surface area contributed by atoms with Crippen LogP contribution in [0.15, 0.2) is 42.5 Å². The van der Waals surface area contributed by atoms with E-state index in [2.05, 4.69) is 12.2 Å². The van der Waals surface area contributed by atoms with E-state index in [1.54, 1.807) is 4.90 Å². The van der Waals surface area contributed by atoms with Gasteiger partial charge in [0.2, 0.25) is 17.7 Å². The summed E-state index contributed by atoms with van der Waals surface area (Å²) in [5.74, 6) is -0.769. The van der Waals surface area contributed by atoms with Gasteiger partial charge < -0.3 is 9.64 Å². The number of fused-ring (bicyclic) bond motifs is 1. The van der Waals surface area contributed by atoms with Gasteiger partial charge in [0.05, 0.1) is 25.0 Å². The Morgan fingerprint density at radius 2 is 1.55 bits per heavy atom. The zero-order valence-corrected chi connectivity index (χ0v) is 16.4. The molecule has 152 valence electrons. The monoisotopic (exact) mass is 394 g/mol. The minimum atomic E-state index is -0.777. The van der Waals surface area contributed by atoms with Crippen LogP contribution in [0, 0.1) is 23.7 Å². The lowest BCUT2D eigenvalue weighted by Crippen LogP contribution is -2.54. The van der Waals surface area contributed by atoms with Gasteiger partial charge >= 0.3 is 0 Å². The smallest absolute Gasteiger partial charge is 0.246 e. The third-order valence-electron chi connectivity index (χ3n) is 6.98. The number of rotatable bonds is 4. The summed E-state index contributed by atoms with van der Waals surface area (Å²) in [4.78, 5) is 43.4. The molecule has 6 nitrogen and oxygen atoms in total. The van der Waals surface area contributed by atoms with Crippen LogP contribution in [0.5, 0.6) is 0 Å². The molecule has 2 bridgehead atoms. The number of benzene rings is 1. The van der Waals surface area contributed by atoms with Crippen molar-refractivity contribution in [2.45, 2.75) is 25.3 Å². The molecule has 1 aromatic carbocycles. The molecular formula is C23H26N2O4. The van der Waals surface area contributed by atoms with Gasteiger partial charge in [0, 0.05) is 19.5 Å². The van der Waals surface area contributed by atoms with Crippen LogP contribution in [-0.4, -0.2) is 59.9 Å². The standard InChI is InChI=1S/C23H26N2O4/c26-21(24-10-12-29-13-11-24)18(14-15-4-2-1-3-5-15)25-22(27)19-16-6-7-17(9-8-16)20(19)23(25)28/h1-7,16-20H,8-14H2/t16-,17-,18+,19-,20+/m0/s1. The number of likely N-dealkylation sites (tertiary alicyclic amines) is 1. The molecule has 5 atom stereocenters. The molecule has 5 aliphatic rings. The minimum absolute atomic E-state index is 0.127. The fourth-order valence-corrected chi connectivity index (χ4v) is 5.53. The Kier molecular flexibility index (Phi) is 4.74. The van der Waals surface area contributed by atoms with Gasteiger partial charge in [0.15, 0.2) is 0 Å². The molecule has 2 saturated heterocycles. The number of amides is 3. The molecule has 3 fully saturated rings. The highest BCUT2D eigenvalue weighted by Gasteiger charge is 2.58. The normalized spacial score (nSPS) is 31.9. The highest BCUT2D eigenvalue weighted by Crippen LogP contribution is 2.50. The topological polar surface area (TPSA) is 66.9 Å². The average Bonchev–Trinajstić information content (AvgIpc) is 3.06. The Balaban J connectivity index is 1.48. The van der Waals surface area contributed by atoms with E-state index in [4.69, 9.17) is 4.74 Å². The van der Waals surface area contributed by atoms with Crippen LogP contribution in [0.3, 0.4) is 0 Å². The molecule has 0 unspecified atom stereocenters. The third kappa shape index (κ3) is 3.10. The number of imide groups is 1. The second-order valence-corrected chi connectivity index (χ2v) is 8.53. The van der Waals surface area contributed by atoms with Gasteiger partial charge in [0.25, 0.3) is 0 Å². The van der Waals surface area contributed by atoms with E-state index in [1.807, 2.05) is 30.3 Å². The van der Waals surface area contributed by atoms with Gasteiger partial charge in [-0.1, -0.05) is 42.5 Å². The number of carbonyl (C=O) groups is 3. The Labute approximate surface area is 170 Å². The highest BCUT2D eigenvalue weighted by atomic mass is 16.5. The predicted octanol–water partition coefficient (Wildman–Crippen LogP) is 1.65. The molecule has 1 aromatic rings. The number of hydrogen-bond donors (Lipinski definition) is 0. The quantitative estimate of drug-likeness (QED) is 0.575. The van der Waals surface area contributed by atoms with E-state index >= 15 is 0 Å². The first-order valence-electron chi connectivity index (χ1n) is 10.6. The van der Waals surface area contributed by atoms with Crippen molar-refractivity contribution in [3.63, 3.8) is 0 Å². The first kappa shape index (κ1) is 18.6. The van der Waals surface area contributed by atoms with E-state index < -0.39 is 6.04 Å². The summed E-state index contributed by atoms with van der Waals surface area (Å²) >= 11 is 0. The number of ether oxygens (including phenoxy) is 1. The summed E-state index contributed by atoms with van der Waals surface area (Å²) in [7, 11) is 0. The second kappa shape index (κ2) is 7.41. The molecule has 0 radical (unpaired) electrons. The van der Waals surface area contributed by atoms with Crippen molar-refractivity contribution >= 4 is 17.7 Å². The molecule has 1 saturated carbocycles. The van der Waals surface area contributed by atoms with Crippen LogP contribution in [-0.2, 0) is 25.5 Å². The molecule has 0 spiro atoms. The summed E-state index contributed by atoms with van der Waals surface area (Å²) in [6.45, 7) is 1.98. The van der Waals surface area contributed by atoms with Crippen molar-refractivity contribution in [1.82, 2.24) is 9.80 Å². The Bertz CT molecular complexity index is 814. The number of allylic oxidation sites excluding steroid dienone is 2. The molecular weight excluding hydrogens is 368 g/mol. The van der Waals surface area contributed by atoms with Crippen LogP contribution >= 0.6 is 0 Å². The van der Waals surface area contributed by atoms with Gasteiger partial charge in [-0.15, -0.1) is 0 Å². The van der Waals surface area contributed by atoms with E-state index in [0.29, 0.717) is 32.7 Å². The summed E-state index contributed by atoms with van der Waals surface area (Å²) in [6, 6.07) is 8.88. The average molecular weight is 394 g/mol. The molecule has 0 N–H and O–H groups in total. The molecule has 6 heteroatoms. The Morgan fingerprint density at radius 3 is 2.10 bits per heavy atom.